The lowest BCUT2D eigenvalue weighted by molar-refractivity contribution is 0.104. The number of hydrogen-bond acceptors (Lipinski definition) is 6. The van der Waals surface area contributed by atoms with Crippen LogP contribution in [0.5, 0.6) is 17.2 Å². The molecule has 0 fully saturated rings. The molecule has 1 aliphatic heterocycles. The van der Waals surface area contributed by atoms with E-state index in [1.807, 2.05) is 6.07 Å². The van der Waals surface area contributed by atoms with Gasteiger partial charge in [-0.05, 0) is 48.0 Å². The molecule has 0 saturated heterocycles. The van der Waals surface area contributed by atoms with E-state index in [0.717, 1.165) is 11.8 Å². The first-order chi connectivity index (χ1) is 11.4. The van der Waals surface area contributed by atoms with E-state index in [2.05, 4.69) is 0 Å². The number of rotatable bonds is 5. The molecule has 0 radical (unpaired) electrons. The quantitative estimate of drug-likeness (QED) is 0.470. The number of carbonyl (C=O) groups excluding carboxylic acids is 1. The highest BCUT2D eigenvalue weighted by molar-refractivity contribution is 7.86. The molecule has 3 rings (SSSR count). The fourth-order valence-corrected chi connectivity index (χ4v) is 2.60. The number of hydrogen-bond donors (Lipinski definition) is 0. The third kappa shape index (κ3) is 3.94. The lowest BCUT2D eigenvalue weighted by Crippen LogP contribution is -2.05. The first-order valence-electron chi connectivity index (χ1n) is 7.02. The second-order valence-electron chi connectivity index (χ2n) is 5.12. The van der Waals surface area contributed by atoms with E-state index < -0.39 is 10.1 Å². The van der Waals surface area contributed by atoms with Crippen molar-refractivity contribution in [2.45, 2.75) is 0 Å². The summed E-state index contributed by atoms with van der Waals surface area (Å²) in [4.78, 5) is 12.1. The molecule has 24 heavy (non-hydrogen) atoms. The lowest BCUT2D eigenvalue weighted by atomic mass is 10.1. The first-order valence-corrected chi connectivity index (χ1v) is 8.84. The van der Waals surface area contributed by atoms with Gasteiger partial charge in [0.05, 0.1) is 6.26 Å². The summed E-state index contributed by atoms with van der Waals surface area (Å²) in [6.45, 7) is 0.198. The predicted molar refractivity (Wildman–Crippen MR) is 87.8 cm³/mol. The third-order valence-corrected chi connectivity index (χ3v) is 3.71. The summed E-state index contributed by atoms with van der Waals surface area (Å²) >= 11 is 0. The molecule has 6 nitrogen and oxygen atoms in total. The Balaban J connectivity index is 1.70. The Bertz CT molecular complexity index is 897. The van der Waals surface area contributed by atoms with Crippen LogP contribution in [0, 0.1) is 0 Å². The zero-order chi connectivity index (χ0) is 17.2. The van der Waals surface area contributed by atoms with Crippen LogP contribution in [0.1, 0.15) is 15.9 Å². The van der Waals surface area contributed by atoms with Crippen LogP contribution in [0.15, 0.2) is 48.5 Å². The number of fused-ring (bicyclic) bond motifs is 1. The van der Waals surface area contributed by atoms with Crippen LogP contribution in [-0.2, 0) is 10.1 Å². The molecule has 0 unspecified atom stereocenters. The van der Waals surface area contributed by atoms with Crippen molar-refractivity contribution in [1.29, 1.82) is 0 Å². The van der Waals surface area contributed by atoms with Crippen molar-refractivity contribution in [1.82, 2.24) is 0 Å². The standard InChI is InChI=1S/C17H14O6S/c1-24(19,20)23-14-6-4-13(5-7-14)15(18)8-2-12-3-9-16-17(10-12)22-11-21-16/h2-10H,11H2,1H3. The summed E-state index contributed by atoms with van der Waals surface area (Å²) in [5.74, 6) is 1.28. The Hall–Kier alpha value is -2.80. The minimum Gasteiger partial charge on any atom is -0.454 e. The smallest absolute Gasteiger partial charge is 0.306 e. The Kier molecular flexibility index (Phi) is 4.26. The number of ether oxygens (including phenoxy) is 2. The molecule has 7 heteroatoms. The van der Waals surface area contributed by atoms with E-state index in [4.69, 9.17) is 13.7 Å². The van der Waals surface area contributed by atoms with Gasteiger partial charge in [-0.25, -0.2) is 0 Å². The summed E-state index contributed by atoms with van der Waals surface area (Å²) in [5.41, 5.74) is 1.23. The zero-order valence-electron chi connectivity index (χ0n) is 12.8. The summed E-state index contributed by atoms with van der Waals surface area (Å²) < 4.78 is 37.3. The summed E-state index contributed by atoms with van der Waals surface area (Å²) in [6.07, 6.45) is 4.06. The van der Waals surface area contributed by atoms with Gasteiger partial charge in [0.25, 0.3) is 0 Å². The van der Waals surface area contributed by atoms with Crippen molar-refractivity contribution in [3.8, 4) is 17.2 Å². The number of allylic oxidation sites excluding steroid dienone is 1. The van der Waals surface area contributed by atoms with Gasteiger partial charge in [-0.2, -0.15) is 8.42 Å². The van der Waals surface area contributed by atoms with Crippen LogP contribution < -0.4 is 13.7 Å². The van der Waals surface area contributed by atoms with Crippen molar-refractivity contribution in [3.05, 3.63) is 59.7 Å². The van der Waals surface area contributed by atoms with Gasteiger partial charge in [0, 0.05) is 5.56 Å². The summed E-state index contributed by atoms with van der Waals surface area (Å²) in [5, 5.41) is 0. The fraction of sp³-hybridized carbons (Fsp3) is 0.118. The maximum atomic E-state index is 12.1. The first kappa shape index (κ1) is 16.1. The SMILES string of the molecule is CS(=O)(=O)Oc1ccc(C(=O)C=Cc2ccc3c(c2)OCO3)cc1. The van der Waals surface area contributed by atoms with Gasteiger partial charge in [0.1, 0.15) is 5.75 Å². The molecule has 0 spiro atoms. The van der Waals surface area contributed by atoms with E-state index in [1.54, 1.807) is 18.2 Å². The molecule has 0 N–H and O–H groups in total. The molecule has 0 aromatic heterocycles. The minimum absolute atomic E-state index is 0.161. The second kappa shape index (κ2) is 6.37. The largest absolute Gasteiger partial charge is 0.454 e. The van der Waals surface area contributed by atoms with Gasteiger partial charge in [-0.3, -0.25) is 4.79 Å². The molecular weight excluding hydrogens is 332 g/mol. The van der Waals surface area contributed by atoms with Crippen LogP contribution >= 0.6 is 0 Å². The molecule has 124 valence electrons. The van der Waals surface area contributed by atoms with Crippen LogP contribution in [0.3, 0.4) is 0 Å². The molecule has 1 heterocycles. The Morgan fingerprint density at radius 1 is 1.08 bits per heavy atom. The van der Waals surface area contributed by atoms with Crippen molar-refractivity contribution in [2.24, 2.45) is 0 Å². The predicted octanol–water partition coefficient (Wildman–Crippen LogP) is 2.65. The highest BCUT2D eigenvalue weighted by Crippen LogP contribution is 2.32. The number of carbonyl (C=O) groups is 1. The van der Waals surface area contributed by atoms with Crippen LogP contribution in [0.2, 0.25) is 0 Å². The molecule has 0 saturated carbocycles. The summed E-state index contributed by atoms with van der Waals surface area (Å²) in [6, 6.07) is 11.3. The molecule has 0 atom stereocenters. The highest BCUT2D eigenvalue weighted by Gasteiger charge is 2.12. The molecule has 1 aliphatic rings. The fourth-order valence-electron chi connectivity index (χ4n) is 2.13. The van der Waals surface area contributed by atoms with E-state index in [0.29, 0.717) is 17.1 Å². The average molecular weight is 346 g/mol. The topological polar surface area (TPSA) is 78.9 Å². The molecule has 2 aromatic carbocycles. The average Bonchev–Trinajstić information content (AvgIpc) is 2.99. The number of ketones is 1. The molecule has 0 aliphatic carbocycles. The maximum Gasteiger partial charge on any atom is 0.306 e. The van der Waals surface area contributed by atoms with Crippen molar-refractivity contribution >= 4 is 22.0 Å². The Labute approximate surface area is 139 Å². The van der Waals surface area contributed by atoms with E-state index >= 15 is 0 Å². The third-order valence-electron chi connectivity index (χ3n) is 3.21. The zero-order valence-corrected chi connectivity index (χ0v) is 13.6. The molecule has 2 aromatic rings. The van der Waals surface area contributed by atoms with E-state index in [-0.39, 0.29) is 18.3 Å². The lowest BCUT2D eigenvalue weighted by Gasteiger charge is -2.03. The monoisotopic (exact) mass is 346 g/mol. The van der Waals surface area contributed by atoms with Gasteiger partial charge in [-0.1, -0.05) is 12.1 Å². The Morgan fingerprint density at radius 2 is 1.79 bits per heavy atom. The second-order valence-corrected chi connectivity index (χ2v) is 6.70. The minimum atomic E-state index is -3.58. The van der Waals surface area contributed by atoms with Gasteiger partial charge in [0.15, 0.2) is 17.3 Å². The molecule has 0 bridgehead atoms. The number of benzene rings is 2. The van der Waals surface area contributed by atoms with Crippen molar-refractivity contribution < 1.29 is 26.9 Å². The molecule has 0 amide bonds. The van der Waals surface area contributed by atoms with Gasteiger partial charge in [-0.15, -0.1) is 0 Å². The van der Waals surface area contributed by atoms with Crippen LogP contribution in [-0.4, -0.2) is 27.2 Å². The van der Waals surface area contributed by atoms with Gasteiger partial charge in [0.2, 0.25) is 6.79 Å². The Morgan fingerprint density at radius 3 is 2.50 bits per heavy atom. The van der Waals surface area contributed by atoms with Crippen LogP contribution in [0.25, 0.3) is 6.08 Å². The van der Waals surface area contributed by atoms with Gasteiger partial charge >= 0.3 is 10.1 Å². The normalized spacial score (nSPS) is 13.2. The highest BCUT2D eigenvalue weighted by atomic mass is 32.2. The van der Waals surface area contributed by atoms with E-state index in [1.165, 1.54) is 30.3 Å². The van der Waals surface area contributed by atoms with Gasteiger partial charge < -0.3 is 13.7 Å². The van der Waals surface area contributed by atoms with Crippen molar-refractivity contribution in [3.63, 3.8) is 0 Å². The van der Waals surface area contributed by atoms with Crippen LogP contribution in [0.4, 0.5) is 0 Å². The molecular formula is C17H14O6S. The van der Waals surface area contributed by atoms with Crippen molar-refractivity contribution in [2.75, 3.05) is 13.0 Å². The maximum absolute atomic E-state index is 12.1. The van der Waals surface area contributed by atoms with E-state index in [9.17, 15) is 13.2 Å². The summed E-state index contributed by atoms with van der Waals surface area (Å²) in [7, 11) is -3.58.